The largest absolute Gasteiger partial charge is 0.465 e. The number of carbonyl (C=O) groups is 1. The van der Waals surface area contributed by atoms with Crippen molar-refractivity contribution in [1.82, 2.24) is 19.0 Å². The fraction of sp³-hybridized carbons (Fsp3) is 0.513. The van der Waals surface area contributed by atoms with E-state index >= 15 is 0 Å². The third kappa shape index (κ3) is 7.46. The number of nitrogens with zero attached hydrogens (tertiary/aromatic N) is 4. The number of carbonyl (C=O) groups excluding carboxylic acids is 1. The molecule has 3 aromatic heterocycles. The van der Waals surface area contributed by atoms with Crippen LogP contribution in [-0.2, 0) is 22.7 Å². The molecular formula is C39H49FN4O4Si. The quantitative estimate of drug-likeness (QED) is 0.0853. The van der Waals surface area contributed by atoms with Crippen LogP contribution in [0.3, 0.4) is 0 Å². The molecule has 0 bridgehead atoms. The highest BCUT2D eigenvalue weighted by Crippen LogP contribution is 2.44. The first-order valence-electron chi connectivity index (χ1n) is 18.0. The van der Waals surface area contributed by atoms with Crippen LogP contribution in [0.1, 0.15) is 84.6 Å². The zero-order valence-corrected chi connectivity index (χ0v) is 30.6. The van der Waals surface area contributed by atoms with Crippen LogP contribution in [0.15, 0.2) is 47.4 Å². The van der Waals surface area contributed by atoms with Crippen molar-refractivity contribution in [2.75, 3.05) is 26.8 Å². The molecular weight excluding hydrogens is 636 g/mol. The smallest absolute Gasteiger partial charge is 0.338 e. The average Bonchev–Trinajstić information content (AvgIpc) is 4.00. The summed E-state index contributed by atoms with van der Waals surface area (Å²) in [4.78, 5) is 35.2. The van der Waals surface area contributed by atoms with Crippen LogP contribution >= 0.6 is 0 Å². The summed E-state index contributed by atoms with van der Waals surface area (Å²) >= 11 is 0. The highest BCUT2D eigenvalue weighted by atomic mass is 28.3. The Kier molecular flexibility index (Phi) is 9.40. The third-order valence-corrected chi connectivity index (χ3v) is 12.0. The number of halogens is 1. The van der Waals surface area contributed by atoms with Gasteiger partial charge in [0.1, 0.15) is 23.9 Å². The number of esters is 1. The van der Waals surface area contributed by atoms with E-state index in [0.717, 1.165) is 68.1 Å². The number of hydrogen-bond donors (Lipinski definition) is 0. The molecule has 1 atom stereocenters. The van der Waals surface area contributed by atoms with Crippen molar-refractivity contribution in [3.8, 4) is 16.9 Å². The van der Waals surface area contributed by atoms with E-state index in [0.29, 0.717) is 47.6 Å². The van der Waals surface area contributed by atoms with Crippen molar-refractivity contribution >= 4 is 24.9 Å². The average molecular weight is 685 g/mol. The minimum Gasteiger partial charge on any atom is -0.465 e. The lowest BCUT2D eigenvalue weighted by molar-refractivity contribution is 0.0601. The lowest BCUT2D eigenvalue weighted by Gasteiger charge is -2.31. The van der Waals surface area contributed by atoms with Gasteiger partial charge in [0.05, 0.1) is 12.7 Å². The molecule has 7 rings (SSSR count). The van der Waals surface area contributed by atoms with Gasteiger partial charge in [-0.05, 0) is 110 Å². The molecule has 260 valence electrons. The molecule has 8 nitrogen and oxygen atoms in total. The van der Waals surface area contributed by atoms with Crippen molar-refractivity contribution in [1.29, 1.82) is 0 Å². The Labute approximate surface area is 289 Å². The van der Waals surface area contributed by atoms with Crippen LogP contribution in [0.5, 0.6) is 0 Å². The van der Waals surface area contributed by atoms with Gasteiger partial charge in [-0.3, -0.25) is 14.3 Å². The summed E-state index contributed by atoms with van der Waals surface area (Å²) < 4.78 is 29.6. The Hall–Kier alpha value is -3.60. The van der Waals surface area contributed by atoms with Gasteiger partial charge in [0.25, 0.3) is 5.56 Å². The number of pyridine rings is 2. The van der Waals surface area contributed by atoms with Gasteiger partial charge in [0.15, 0.2) is 0 Å². The maximum absolute atomic E-state index is 14.8. The van der Waals surface area contributed by atoms with E-state index in [2.05, 4.69) is 42.1 Å². The topological polar surface area (TPSA) is 78.6 Å². The molecule has 4 heterocycles. The van der Waals surface area contributed by atoms with E-state index in [4.69, 9.17) is 14.5 Å². The number of piperidine rings is 1. The minimum atomic E-state index is -1.30. The van der Waals surface area contributed by atoms with Gasteiger partial charge >= 0.3 is 5.97 Å². The number of rotatable bonds is 12. The van der Waals surface area contributed by atoms with Gasteiger partial charge in [0, 0.05) is 56.7 Å². The molecule has 2 saturated carbocycles. The van der Waals surface area contributed by atoms with Crippen LogP contribution < -0.4 is 5.56 Å². The van der Waals surface area contributed by atoms with Crippen molar-refractivity contribution in [2.45, 2.75) is 96.2 Å². The minimum absolute atomic E-state index is 0.134. The Morgan fingerprint density at radius 3 is 2.51 bits per heavy atom. The lowest BCUT2D eigenvalue weighted by atomic mass is 9.98. The zero-order chi connectivity index (χ0) is 34.4. The zero-order valence-electron chi connectivity index (χ0n) is 29.6. The van der Waals surface area contributed by atoms with Crippen molar-refractivity contribution in [3.05, 3.63) is 81.3 Å². The normalized spacial score (nSPS) is 18.7. The van der Waals surface area contributed by atoms with Crippen molar-refractivity contribution < 1.29 is 18.7 Å². The summed E-state index contributed by atoms with van der Waals surface area (Å²) in [5.41, 5.74) is 5.08. The summed E-state index contributed by atoms with van der Waals surface area (Å²) in [7, 11) is -0.000870. The van der Waals surface area contributed by atoms with E-state index in [1.165, 1.54) is 37.6 Å². The summed E-state index contributed by atoms with van der Waals surface area (Å²) in [6, 6.07) is 11.3. The van der Waals surface area contributed by atoms with Crippen LogP contribution in [0.25, 0.3) is 27.8 Å². The highest BCUT2D eigenvalue weighted by Gasteiger charge is 2.31. The molecule has 0 N–H and O–H groups in total. The van der Waals surface area contributed by atoms with Gasteiger partial charge in [-0.2, -0.15) is 0 Å². The number of ether oxygens (including phenoxy) is 2. The van der Waals surface area contributed by atoms with E-state index in [1.54, 1.807) is 10.6 Å². The first-order chi connectivity index (χ1) is 23.5. The summed E-state index contributed by atoms with van der Waals surface area (Å²) in [5.74, 6) is 0.697. The maximum Gasteiger partial charge on any atom is 0.338 e. The lowest BCUT2D eigenvalue weighted by Crippen LogP contribution is -2.34. The van der Waals surface area contributed by atoms with E-state index in [9.17, 15) is 14.0 Å². The van der Waals surface area contributed by atoms with Crippen LogP contribution in [0, 0.1) is 11.7 Å². The molecule has 1 aromatic carbocycles. The molecule has 0 unspecified atom stereocenters. The van der Waals surface area contributed by atoms with E-state index in [1.807, 2.05) is 18.3 Å². The summed E-state index contributed by atoms with van der Waals surface area (Å²) in [5, 5.41) is 1.02. The van der Waals surface area contributed by atoms with E-state index < -0.39 is 19.9 Å². The predicted molar refractivity (Wildman–Crippen MR) is 194 cm³/mol. The Balaban J connectivity index is 1.38. The second-order valence-electron chi connectivity index (χ2n) is 15.8. The van der Waals surface area contributed by atoms with Crippen LogP contribution in [0.2, 0.25) is 25.7 Å². The fourth-order valence-corrected chi connectivity index (χ4v) is 8.00. The third-order valence-electron chi connectivity index (χ3n) is 10.3. The second kappa shape index (κ2) is 13.6. The predicted octanol–water partition coefficient (Wildman–Crippen LogP) is 8.08. The van der Waals surface area contributed by atoms with Crippen molar-refractivity contribution in [2.24, 2.45) is 5.92 Å². The number of aromatic nitrogens is 3. The molecule has 2 aliphatic carbocycles. The van der Waals surface area contributed by atoms with Crippen LogP contribution in [0.4, 0.5) is 4.39 Å². The Morgan fingerprint density at radius 1 is 1.04 bits per heavy atom. The number of benzene rings is 1. The van der Waals surface area contributed by atoms with Gasteiger partial charge in [-0.15, -0.1) is 0 Å². The molecule has 1 aliphatic heterocycles. The highest BCUT2D eigenvalue weighted by molar-refractivity contribution is 6.76. The molecule has 0 radical (unpaired) electrons. The number of methoxy groups -OCH3 is 1. The van der Waals surface area contributed by atoms with E-state index in [-0.39, 0.29) is 17.0 Å². The molecule has 4 aromatic rings. The SMILES string of the molecule is COC(=O)c1cc(F)ccc1-c1cc(C2CC2)nc(-n2cc(C3CC3)c3cc(CN4CCC[C@H](C)C4)n(COCC[Si](C)(C)C)c3c2=O)c1. The first-order valence-corrected chi connectivity index (χ1v) is 21.7. The van der Waals surface area contributed by atoms with Gasteiger partial charge < -0.3 is 14.0 Å². The molecule has 49 heavy (non-hydrogen) atoms. The molecule has 3 fully saturated rings. The fourth-order valence-electron chi connectivity index (χ4n) is 7.25. The molecule has 0 spiro atoms. The first kappa shape index (κ1) is 33.9. The molecule has 3 aliphatic rings. The molecule has 0 amide bonds. The van der Waals surface area contributed by atoms with Crippen molar-refractivity contribution in [3.63, 3.8) is 0 Å². The summed E-state index contributed by atoms with van der Waals surface area (Å²) in [6.07, 6.45) is 8.64. The monoisotopic (exact) mass is 684 g/mol. The maximum atomic E-state index is 14.8. The van der Waals surface area contributed by atoms with Gasteiger partial charge in [-0.1, -0.05) is 32.6 Å². The van der Waals surface area contributed by atoms with Gasteiger partial charge in [-0.25, -0.2) is 14.2 Å². The second-order valence-corrected chi connectivity index (χ2v) is 21.4. The Bertz CT molecular complexity index is 1940. The van der Waals surface area contributed by atoms with Gasteiger partial charge in [0.2, 0.25) is 0 Å². The van der Waals surface area contributed by atoms with Crippen LogP contribution in [-0.4, -0.2) is 59.9 Å². The molecule has 10 heteroatoms. The number of fused-ring (bicyclic) bond motifs is 1. The number of likely N-dealkylation sites (tertiary alicyclic amines) is 1. The Morgan fingerprint density at radius 2 is 1.82 bits per heavy atom. The standard InChI is InChI=1S/C39H49FN4O4Si/c1-25-7-6-14-42(21-25)22-30-20-32-34(26-8-9-26)23-43(38(45)37(32)44(30)24-48-15-16-49(3,4)5)36-18-28(17-35(41-36)27-10-11-27)31-13-12-29(40)19-33(31)39(46)47-2/h12-13,17-20,23,25-27H,6-11,14-16,21-22,24H2,1-5H3/t25-/m0/s1. The summed E-state index contributed by atoms with van der Waals surface area (Å²) in [6.45, 7) is 13.2. The number of hydrogen-bond acceptors (Lipinski definition) is 6. The molecule has 1 saturated heterocycles.